The largest absolute Gasteiger partial charge is 0.442 e. The summed E-state index contributed by atoms with van der Waals surface area (Å²) in [4.78, 5) is 68.0. The van der Waals surface area contributed by atoms with E-state index in [-0.39, 0.29) is 47.9 Å². The second kappa shape index (κ2) is 15.1. The van der Waals surface area contributed by atoms with Crippen LogP contribution in [0.4, 0.5) is 16.2 Å². The third-order valence-electron chi connectivity index (χ3n) is 6.88. The SMILES string of the molecule is CC(C)[C@@H](N)C(=O)SNCCCC(=O)N(C[C@H]1CN(c2ccc(N3CCOCC3=O)cc2)C(=O)O1)C(=O)c1ccc(Cl)s1. The van der Waals surface area contributed by atoms with Gasteiger partial charge in [0.1, 0.15) is 12.7 Å². The summed E-state index contributed by atoms with van der Waals surface area (Å²) >= 11 is 7.99. The molecule has 1 aromatic carbocycles. The lowest BCUT2D eigenvalue weighted by molar-refractivity contribution is -0.129. The number of benzene rings is 1. The Hall–Kier alpha value is -3.01. The van der Waals surface area contributed by atoms with Gasteiger partial charge in [0.25, 0.3) is 11.8 Å². The van der Waals surface area contributed by atoms with E-state index >= 15 is 0 Å². The minimum atomic E-state index is -0.764. The Balaban J connectivity index is 1.37. The molecule has 2 aliphatic rings. The highest BCUT2D eigenvalue weighted by Crippen LogP contribution is 2.27. The van der Waals surface area contributed by atoms with Gasteiger partial charge in [-0.2, -0.15) is 0 Å². The molecule has 43 heavy (non-hydrogen) atoms. The first-order valence-electron chi connectivity index (χ1n) is 13.8. The van der Waals surface area contributed by atoms with Gasteiger partial charge >= 0.3 is 6.09 Å². The number of morpholine rings is 1. The lowest BCUT2D eigenvalue weighted by Crippen LogP contribution is -2.43. The van der Waals surface area contributed by atoms with E-state index in [9.17, 15) is 24.0 Å². The van der Waals surface area contributed by atoms with Crippen LogP contribution in [-0.2, 0) is 23.9 Å². The minimum Gasteiger partial charge on any atom is -0.442 e. The maximum atomic E-state index is 13.3. The zero-order valence-electron chi connectivity index (χ0n) is 23.8. The summed E-state index contributed by atoms with van der Waals surface area (Å²) in [6, 6.07) is 9.45. The van der Waals surface area contributed by atoms with Crippen LogP contribution in [0.1, 0.15) is 36.4 Å². The first-order chi connectivity index (χ1) is 20.5. The number of ether oxygens (including phenoxy) is 2. The topological polar surface area (TPSA) is 152 Å². The number of imide groups is 1. The quantitative estimate of drug-likeness (QED) is 0.258. The summed E-state index contributed by atoms with van der Waals surface area (Å²) in [5, 5.41) is -0.190. The Bertz CT molecular complexity index is 1340. The summed E-state index contributed by atoms with van der Waals surface area (Å²) < 4.78 is 14.0. The van der Waals surface area contributed by atoms with Crippen molar-refractivity contribution in [2.75, 3.05) is 49.2 Å². The Labute approximate surface area is 262 Å². The van der Waals surface area contributed by atoms with Crippen LogP contribution in [0.15, 0.2) is 36.4 Å². The van der Waals surface area contributed by atoms with Crippen LogP contribution in [0.5, 0.6) is 0 Å². The fraction of sp³-hybridized carbons (Fsp3) is 0.464. The van der Waals surface area contributed by atoms with E-state index in [1.807, 2.05) is 13.8 Å². The monoisotopic (exact) mass is 651 g/mol. The molecule has 2 aliphatic heterocycles. The van der Waals surface area contributed by atoms with E-state index in [0.717, 1.165) is 28.2 Å². The van der Waals surface area contributed by atoms with Crippen LogP contribution in [0.25, 0.3) is 0 Å². The lowest BCUT2D eigenvalue weighted by atomic mass is 10.1. The molecular weight excluding hydrogens is 618 g/mol. The zero-order valence-corrected chi connectivity index (χ0v) is 26.2. The Morgan fingerprint density at radius 3 is 2.47 bits per heavy atom. The average molecular weight is 652 g/mol. The molecule has 0 aliphatic carbocycles. The number of thiophene rings is 1. The van der Waals surface area contributed by atoms with Crippen molar-refractivity contribution in [1.82, 2.24) is 9.62 Å². The van der Waals surface area contributed by atoms with Crippen LogP contribution in [0.3, 0.4) is 0 Å². The van der Waals surface area contributed by atoms with E-state index in [0.29, 0.717) is 41.8 Å². The maximum absolute atomic E-state index is 13.3. The Kier molecular flexibility index (Phi) is 11.6. The van der Waals surface area contributed by atoms with Crippen molar-refractivity contribution in [2.24, 2.45) is 11.7 Å². The molecular formula is C28H34ClN5O7S2. The van der Waals surface area contributed by atoms with Gasteiger partial charge in [0, 0.05) is 30.9 Å². The Morgan fingerprint density at radius 1 is 1.14 bits per heavy atom. The molecule has 232 valence electrons. The molecule has 3 heterocycles. The number of anilines is 2. The van der Waals surface area contributed by atoms with Crippen molar-refractivity contribution >= 4 is 75.2 Å². The van der Waals surface area contributed by atoms with Crippen LogP contribution in [0, 0.1) is 5.92 Å². The summed E-state index contributed by atoms with van der Waals surface area (Å²) in [5.74, 6) is -1.11. The summed E-state index contributed by atoms with van der Waals surface area (Å²) in [6.07, 6.45) is -0.987. The third kappa shape index (κ3) is 8.55. The molecule has 12 nitrogen and oxygen atoms in total. The minimum absolute atomic E-state index is 0.00874. The number of hydrogen-bond donors (Lipinski definition) is 2. The predicted octanol–water partition coefficient (Wildman–Crippen LogP) is 3.29. The molecule has 0 saturated carbocycles. The smallest absolute Gasteiger partial charge is 0.414 e. The van der Waals surface area contributed by atoms with E-state index < -0.39 is 30.1 Å². The highest BCUT2D eigenvalue weighted by molar-refractivity contribution is 8.12. The van der Waals surface area contributed by atoms with E-state index in [4.69, 9.17) is 26.8 Å². The second-order valence-corrected chi connectivity index (χ2v) is 12.9. The number of nitrogens with zero attached hydrogens (tertiary/aromatic N) is 3. The molecule has 2 atom stereocenters. The molecule has 4 amide bonds. The first kappa shape index (κ1) is 32.9. The van der Waals surface area contributed by atoms with E-state index in [2.05, 4.69) is 4.72 Å². The van der Waals surface area contributed by atoms with Crippen LogP contribution < -0.4 is 20.3 Å². The van der Waals surface area contributed by atoms with Crippen molar-refractivity contribution < 1.29 is 33.4 Å². The number of rotatable bonds is 12. The molecule has 2 saturated heterocycles. The number of amides is 4. The van der Waals surface area contributed by atoms with E-state index in [1.165, 1.54) is 4.90 Å². The number of carbonyl (C=O) groups excluding carboxylic acids is 5. The molecule has 0 unspecified atom stereocenters. The average Bonchev–Trinajstić information content (AvgIpc) is 3.59. The van der Waals surface area contributed by atoms with Crippen molar-refractivity contribution in [3.8, 4) is 0 Å². The highest BCUT2D eigenvalue weighted by Gasteiger charge is 2.36. The molecule has 3 N–H and O–H groups in total. The van der Waals surface area contributed by atoms with Crippen molar-refractivity contribution in [2.45, 2.75) is 38.8 Å². The van der Waals surface area contributed by atoms with Crippen molar-refractivity contribution in [1.29, 1.82) is 0 Å². The van der Waals surface area contributed by atoms with E-state index in [1.54, 1.807) is 41.3 Å². The maximum Gasteiger partial charge on any atom is 0.414 e. The molecule has 0 spiro atoms. The third-order valence-corrected chi connectivity index (χ3v) is 8.92. The van der Waals surface area contributed by atoms with Gasteiger partial charge in [-0.3, -0.25) is 33.7 Å². The number of carbonyl (C=O) groups is 5. The fourth-order valence-electron chi connectivity index (χ4n) is 4.40. The predicted molar refractivity (Wildman–Crippen MR) is 165 cm³/mol. The molecule has 0 radical (unpaired) electrons. The molecule has 1 aromatic heterocycles. The van der Waals surface area contributed by atoms with Gasteiger partial charge < -0.3 is 20.1 Å². The van der Waals surface area contributed by atoms with Gasteiger partial charge in [0.15, 0.2) is 0 Å². The van der Waals surface area contributed by atoms with Gasteiger partial charge in [-0.1, -0.05) is 25.4 Å². The van der Waals surface area contributed by atoms with Gasteiger partial charge in [-0.25, -0.2) is 4.79 Å². The molecule has 15 heteroatoms. The van der Waals surface area contributed by atoms with Gasteiger partial charge in [-0.05, 0) is 60.7 Å². The first-order valence-corrected chi connectivity index (χ1v) is 15.8. The Morgan fingerprint density at radius 2 is 1.84 bits per heavy atom. The van der Waals surface area contributed by atoms with Crippen LogP contribution in [-0.4, -0.2) is 85.4 Å². The summed E-state index contributed by atoms with van der Waals surface area (Å²) in [6.45, 7) is 4.96. The van der Waals surface area contributed by atoms with Gasteiger partial charge in [0.2, 0.25) is 11.0 Å². The highest BCUT2D eigenvalue weighted by atomic mass is 35.5. The fourth-order valence-corrected chi connectivity index (χ4v) is 6.19. The number of halogens is 1. The summed E-state index contributed by atoms with van der Waals surface area (Å²) in [5.41, 5.74) is 7.11. The normalized spacial score (nSPS) is 17.7. The zero-order chi connectivity index (χ0) is 31.1. The molecule has 2 aromatic rings. The molecule has 0 bridgehead atoms. The number of cyclic esters (lactones) is 1. The summed E-state index contributed by atoms with van der Waals surface area (Å²) in [7, 11) is 0. The molecule has 2 fully saturated rings. The van der Waals surface area contributed by atoms with Crippen molar-refractivity contribution in [3.05, 3.63) is 45.6 Å². The van der Waals surface area contributed by atoms with Gasteiger partial charge in [0.05, 0.1) is 35.0 Å². The number of nitrogens with two attached hydrogens (primary N) is 1. The van der Waals surface area contributed by atoms with Crippen LogP contribution in [0.2, 0.25) is 4.34 Å². The lowest BCUT2D eigenvalue weighted by Gasteiger charge is -2.27. The second-order valence-electron chi connectivity index (χ2n) is 10.3. The van der Waals surface area contributed by atoms with Crippen molar-refractivity contribution in [3.63, 3.8) is 0 Å². The number of nitrogens with one attached hydrogen (secondary N) is 1. The van der Waals surface area contributed by atoms with Gasteiger partial charge in [-0.15, -0.1) is 11.3 Å². The van der Waals surface area contributed by atoms with Crippen LogP contribution >= 0.6 is 34.9 Å². The number of hydrogen-bond acceptors (Lipinski definition) is 11. The standard InChI is InChI=1S/C28H34ClN5O7S2/c1-17(2)25(30)27(38)43-31-11-3-4-23(35)34(26(37)21-9-10-22(29)42-21)15-20-14-33(28(39)41-20)19-7-5-18(6-8-19)32-12-13-40-16-24(32)36/h5-10,17,20,25,31H,3-4,11-16,30H2,1-2H3/t20-,25-/m1/s1. The molecule has 4 rings (SSSR count).